The molecule has 0 saturated heterocycles. The standard InChI is InChI=1S/C18H13NO4/c1-10-5-4-8-14-15(10)16(20)12(9-23-14)18(22)11-6-2-3-7-13(11)19-17(18)21/h2-9,22H,1H3,(H,19,21). The van der Waals surface area contributed by atoms with Crippen LogP contribution in [0.1, 0.15) is 16.7 Å². The first-order valence-corrected chi connectivity index (χ1v) is 7.18. The van der Waals surface area contributed by atoms with Gasteiger partial charge in [-0.3, -0.25) is 9.59 Å². The number of aryl methyl sites for hydroxylation is 1. The maximum Gasteiger partial charge on any atom is 0.266 e. The quantitative estimate of drug-likeness (QED) is 0.723. The van der Waals surface area contributed by atoms with Crippen molar-refractivity contribution in [3.05, 3.63) is 75.6 Å². The van der Waals surface area contributed by atoms with E-state index in [0.717, 1.165) is 5.56 Å². The fourth-order valence-corrected chi connectivity index (χ4v) is 3.10. The van der Waals surface area contributed by atoms with Crippen molar-refractivity contribution < 1.29 is 14.3 Å². The van der Waals surface area contributed by atoms with Gasteiger partial charge in [-0.25, -0.2) is 0 Å². The molecule has 1 aliphatic heterocycles. The van der Waals surface area contributed by atoms with Gasteiger partial charge in [0.1, 0.15) is 11.8 Å². The molecule has 0 fully saturated rings. The summed E-state index contributed by atoms with van der Waals surface area (Å²) in [5, 5.41) is 14.0. The smallest absolute Gasteiger partial charge is 0.266 e. The molecule has 3 aromatic rings. The van der Waals surface area contributed by atoms with Crippen LogP contribution >= 0.6 is 0 Å². The first-order valence-electron chi connectivity index (χ1n) is 7.18. The van der Waals surface area contributed by atoms with E-state index in [0.29, 0.717) is 22.2 Å². The van der Waals surface area contributed by atoms with Crippen LogP contribution in [0, 0.1) is 6.92 Å². The Labute approximate surface area is 131 Å². The minimum Gasteiger partial charge on any atom is -0.464 e. The molecule has 0 aliphatic carbocycles. The van der Waals surface area contributed by atoms with Crippen LogP contribution in [0.2, 0.25) is 0 Å². The van der Waals surface area contributed by atoms with Crippen LogP contribution in [0.5, 0.6) is 0 Å². The summed E-state index contributed by atoms with van der Waals surface area (Å²) in [6.45, 7) is 1.79. The zero-order chi connectivity index (χ0) is 16.2. The fraction of sp³-hybridized carbons (Fsp3) is 0.111. The van der Waals surface area contributed by atoms with Crippen LogP contribution in [0.4, 0.5) is 5.69 Å². The number of carbonyl (C=O) groups excluding carboxylic acids is 1. The summed E-state index contributed by atoms with van der Waals surface area (Å²) in [6, 6.07) is 12.0. The van der Waals surface area contributed by atoms with Crippen LogP contribution in [0.25, 0.3) is 11.0 Å². The average molecular weight is 307 g/mol. The average Bonchev–Trinajstić information content (AvgIpc) is 2.80. The number of hydrogen-bond donors (Lipinski definition) is 2. The molecule has 1 atom stereocenters. The SMILES string of the molecule is Cc1cccc2occ(C3(O)C(=O)Nc4ccccc43)c(=O)c12. The summed E-state index contributed by atoms with van der Waals surface area (Å²) in [5.74, 6) is -0.654. The number of nitrogens with one attached hydrogen (secondary N) is 1. The van der Waals surface area contributed by atoms with Crippen molar-refractivity contribution in [3.63, 3.8) is 0 Å². The molecule has 0 bridgehead atoms. The lowest BCUT2D eigenvalue weighted by Crippen LogP contribution is -2.39. The lowest BCUT2D eigenvalue weighted by molar-refractivity contribution is -0.129. The second kappa shape index (κ2) is 4.54. The zero-order valence-electron chi connectivity index (χ0n) is 12.3. The number of hydrogen-bond acceptors (Lipinski definition) is 4. The van der Waals surface area contributed by atoms with Gasteiger partial charge in [0, 0.05) is 11.3 Å². The van der Waals surface area contributed by atoms with Crippen LogP contribution in [-0.2, 0) is 10.4 Å². The number of rotatable bonds is 1. The number of anilines is 1. The molecule has 1 aliphatic rings. The van der Waals surface area contributed by atoms with Gasteiger partial charge in [-0.2, -0.15) is 0 Å². The first kappa shape index (κ1) is 13.7. The molecule has 2 heterocycles. The highest BCUT2D eigenvalue weighted by atomic mass is 16.3. The van der Waals surface area contributed by atoms with Gasteiger partial charge in [0.15, 0.2) is 5.43 Å². The Morgan fingerprint density at radius 2 is 1.83 bits per heavy atom. The minimum absolute atomic E-state index is 0.0817. The second-order valence-electron chi connectivity index (χ2n) is 5.64. The molecule has 2 N–H and O–H groups in total. The predicted octanol–water partition coefficient (Wildman–Crippen LogP) is 2.29. The number of amides is 1. The Morgan fingerprint density at radius 1 is 1.04 bits per heavy atom. The van der Waals surface area contributed by atoms with E-state index in [9.17, 15) is 14.7 Å². The molecule has 2 aromatic carbocycles. The lowest BCUT2D eigenvalue weighted by Gasteiger charge is -2.20. The van der Waals surface area contributed by atoms with E-state index in [1.807, 2.05) is 0 Å². The molecule has 1 unspecified atom stereocenters. The monoisotopic (exact) mass is 307 g/mol. The predicted molar refractivity (Wildman–Crippen MR) is 85.3 cm³/mol. The molecule has 5 nitrogen and oxygen atoms in total. The third-order valence-electron chi connectivity index (χ3n) is 4.29. The Bertz CT molecular complexity index is 1020. The molecule has 1 amide bonds. The molecule has 0 saturated carbocycles. The van der Waals surface area contributed by atoms with Crippen LogP contribution in [0.15, 0.2) is 57.9 Å². The Kier molecular flexibility index (Phi) is 2.71. The third kappa shape index (κ3) is 1.71. The number of benzene rings is 2. The van der Waals surface area contributed by atoms with Gasteiger partial charge in [0.25, 0.3) is 5.91 Å². The van der Waals surface area contributed by atoms with Crippen LogP contribution in [0.3, 0.4) is 0 Å². The van der Waals surface area contributed by atoms with Gasteiger partial charge < -0.3 is 14.8 Å². The Balaban J connectivity index is 2.07. The molecule has 0 spiro atoms. The van der Waals surface area contributed by atoms with E-state index in [1.165, 1.54) is 6.26 Å². The van der Waals surface area contributed by atoms with Gasteiger partial charge in [-0.05, 0) is 24.6 Å². The minimum atomic E-state index is -2.05. The van der Waals surface area contributed by atoms with E-state index in [4.69, 9.17) is 4.42 Å². The van der Waals surface area contributed by atoms with Crippen LogP contribution in [-0.4, -0.2) is 11.0 Å². The highest BCUT2D eigenvalue weighted by Gasteiger charge is 2.49. The van der Waals surface area contributed by atoms with Crippen molar-refractivity contribution in [3.8, 4) is 0 Å². The molecule has 0 radical (unpaired) electrons. The summed E-state index contributed by atoms with van der Waals surface area (Å²) in [5.41, 5.74) is -0.536. The summed E-state index contributed by atoms with van der Waals surface area (Å²) >= 11 is 0. The van der Waals surface area contributed by atoms with E-state index >= 15 is 0 Å². The summed E-state index contributed by atoms with van der Waals surface area (Å²) < 4.78 is 5.51. The maximum absolute atomic E-state index is 12.9. The summed E-state index contributed by atoms with van der Waals surface area (Å²) in [6.07, 6.45) is 1.17. The van der Waals surface area contributed by atoms with Crippen molar-refractivity contribution in [1.82, 2.24) is 0 Å². The zero-order valence-corrected chi connectivity index (χ0v) is 12.3. The van der Waals surface area contributed by atoms with Gasteiger partial charge >= 0.3 is 0 Å². The molecular formula is C18H13NO4. The Morgan fingerprint density at radius 3 is 2.65 bits per heavy atom. The van der Waals surface area contributed by atoms with Gasteiger partial charge in [-0.15, -0.1) is 0 Å². The van der Waals surface area contributed by atoms with Crippen molar-refractivity contribution in [2.45, 2.75) is 12.5 Å². The van der Waals surface area contributed by atoms with Gasteiger partial charge in [0.2, 0.25) is 5.60 Å². The molecule has 1 aromatic heterocycles. The van der Waals surface area contributed by atoms with Gasteiger partial charge in [-0.1, -0.05) is 30.3 Å². The fourth-order valence-electron chi connectivity index (χ4n) is 3.10. The molecule has 4 rings (SSSR count). The molecule has 23 heavy (non-hydrogen) atoms. The lowest BCUT2D eigenvalue weighted by atomic mass is 9.87. The normalized spacial score (nSPS) is 19.7. The Hall–Kier alpha value is -2.92. The molecule has 5 heteroatoms. The molecular weight excluding hydrogens is 294 g/mol. The van der Waals surface area contributed by atoms with E-state index in [1.54, 1.807) is 49.4 Å². The second-order valence-corrected chi connectivity index (χ2v) is 5.64. The number of carbonyl (C=O) groups is 1. The largest absolute Gasteiger partial charge is 0.464 e. The first-order chi connectivity index (χ1) is 11.0. The van der Waals surface area contributed by atoms with Crippen LogP contribution < -0.4 is 10.7 Å². The number of fused-ring (bicyclic) bond motifs is 2. The maximum atomic E-state index is 12.9. The molecule has 114 valence electrons. The van der Waals surface area contributed by atoms with Gasteiger partial charge in [0.05, 0.1) is 10.9 Å². The highest BCUT2D eigenvalue weighted by Crippen LogP contribution is 2.39. The number of aliphatic hydroxyl groups is 1. The summed E-state index contributed by atoms with van der Waals surface area (Å²) in [4.78, 5) is 25.3. The van der Waals surface area contributed by atoms with Crippen molar-refractivity contribution in [2.24, 2.45) is 0 Å². The van der Waals surface area contributed by atoms with Crippen molar-refractivity contribution >= 4 is 22.6 Å². The number of para-hydroxylation sites is 1. The van der Waals surface area contributed by atoms with Crippen molar-refractivity contribution in [1.29, 1.82) is 0 Å². The third-order valence-corrected chi connectivity index (χ3v) is 4.29. The van der Waals surface area contributed by atoms with E-state index in [-0.39, 0.29) is 5.56 Å². The van der Waals surface area contributed by atoms with Crippen molar-refractivity contribution in [2.75, 3.05) is 5.32 Å². The summed E-state index contributed by atoms with van der Waals surface area (Å²) in [7, 11) is 0. The topological polar surface area (TPSA) is 79.5 Å². The highest BCUT2D eigenvalue weighted by molar-refractivity contribution is 6.07. The van der Waals surface area contributed by atoms with E-state index < -0.39 is 16.9 Å². The van der Waals surface area contributed by atoms with E-state index in [2.05, 4.69) is 5.32 Å².